The fourth-order valence-electron chi connectivity index (χ4n) is 5.45. The molecule has 2 saturated heterocycles. The minimum absolute atomic E-state index is 0.0656. The number of carbonyl (C=O) groups is 3. The SMILES string of the molecule is CC(C)C[C@@H]1NCCN([C@@H](CC(C)C)C(=O)N2CCC(CC(=O)N(C)Cc3ccccc3)CC2)C1=O. The van der Waals surface area contributed by atoms with Gasteiger partial charge in [-0.2, -0.15) is 0 Å². The molecule has 1 N–H and O–H groups in total. The number of piperidine rings is 1. The zero-order valence-corrected chi connectivity index (χ0v) is 22.9. The van der Waals surface area contributed by atoms with Crippen LogP contribution in [0.4, 0.5) is 0 Å². The maximum absolute atomic E-state index is 13.7. The number of rotatable bonds is 10. The summed E-state index contributed by atoms with van der Waals surface area (Å²) < 4.78 is 0. The van der Waals surface area contributed by atoms with Crippen LogP contribution in [-0.4, -0.2) is 77.7 Å². The maximum atomic E-state index is 13.7. The molecular formula is C29H46N4O3. The molecule has 0 aliphatic carbocycles. The normalized spacial score (nSPS) is 20.2. The zero-order valence-electron chi connectivity index (χ0n) is 22.9. The quantitative estimate of drug-likeness (QED) is 0.536. The number of carbonyl (C=O) groups excluding carboxylic acids is 3. The highest BCUT2D eigenvalue weighted by molar-refractivity contribution is 5.90. The molecule has 2 aliphatic heterocycles. The summed E-state index contributed by atoms with van der Waals surface area (Å²) in [5.74, 6) is 1.33. The second-order valence-electron chi connectivity index (χ2n) is 11.5. The van der Waals surface area contributed by atoms with Gasteiger partial charge in [-0.25, -0.2) is 0 Å². The van der Waals surface area contributed by atoms with E-state index in [0.29, 0.717) is 56.8 Å². The van der Waals surface area contributed by atoms with Gasteiger partial charge in [0.2, 0.25) is 17.7 Å². The molecule has 0 radical (unpaired) electrons. The summed E-state index contributed by atoms with van der Waals surface area (Å²) in [6.45, 7) is 11.7. The molecule has 2 fully saturated rings. The highest BCUT2D eigenvalue weighted by Crippen LogP contribution is 2.25. The number of hydrogen-bond acceptors (Lipinski definition) is 4. The van der Waals surface area contributed by atoms with Crippen LogP contribution in [0.1, 0.15) is 65.4 Å². The lowest BCUT2D eigenvalue weighted by Gasteiger charge is -2.42. The minimum atomic E-state index is -0.399. The summed E-state index contributed by atoms with van der Waals surface area (Å²) >= 11 is 0. The molecule has 3 amide bonds. The van der Waals surface area contributed by atoms with Gasteiger partial charge in [0.25, 0.3) is 0 Å². The van der Waals surface area contributed by atoms with E-state index in [1.54, 1.807) is 4.90 Å². The smallest absolute Gasteiger partial charge is 0.245 e. The largest absolute Gasteiger partial charge is 0.341 e. The Kier molecular flexibility index (Phi) is 10.3. The van der Waals surface area contributed by atoms with Crippen molar-refractivity contribution in [1.29, 1.82) is 0 Å². The van der Waals surface area contributed by atoms with Crippen LogP contribution >= 0.6 is 0 Å². The van der Waals surface area contributed by atoms with Crippen LogP contribution in [0.15, 0.2) is 30.3 Å². The van der Waals surface area contributed by atoms with E-state index in [1.165, 1.54) is 0 Å². The Bertz CT molecular complexity index is 865. The van der Waals surface area contributed by atoms with Crippen molar-refractivity contribution < 1.29 is 14.4 Å². The lowest BCUT2D eigenvalue weighted by molar-refractivity contribution is -0.150. The lowest BCUT2D eigenvalue weighted by atomic mass is 9.91. The number of amides is 3. The predicted octanol–water partition coefficient (Wildman–Crippen LogP) is 3.53. The number of hydrogen-bond donors (Lipinski definition) is 1. The Labute approximate surface area is 217 Å². The Morgan fingerprint density at radius 3 is 2.31 bits per heavy atom. The van der Waals surface area contributed by atoms with Gasteiger partial charge in [0.05, 0.1) is 6.04 Å². The molecule has 7 nitrogen and oxygen atoms in total. The van der Waals surface area contributed by atoms with Gasteiger partial charge in [0, 0.05) is 46.2 Å². The standard InChI is InChI=1S/C29H46N4O3/c1-21(2)17-25-28(35)33(16-13-30-25)26(18-22(3)4)29(36)32-14-11-23(12-15-32)19-27(34)31(5)20-24-9-7-6-8-10-24/h6-10,21-23,25-26,30H,11-20H2,1-5H3/t25-,26-/m0/s1. The average molecular weight is 499 g/mol. The van der Waals surface area contributed by atoms with Crippen molar-refractivity contribution in [1.82, 2.24) is 20.0 Å². The van der Waals surface area contributed by atoms with Gasteiger partial charge in [-0.05, 0) is 49.0 Å². The Balaban J connectivity index is 1.55. The van der Waals surface area contributed by atoms with Crippen LogP contribution in [0.25, 0.3) is 0 Å². The van der Waals surface area contributed by atoms with Crippen LogP contribution < -0.4 is 5.32 Å². The van der Waals surface area contributed by atoms with Crippen molar-refractivity contribution in [2.75, 3.05) is 33.2 Å². The third-order valence-corrected chi connectivity index (χ3v) is 7.47. The molecule has 36 heavy (non-hydrogen) atoms. The monoisotopic (exact) mass is 498 g/mol. The van der Waals surface area contributed by atoms with Crippen molar-refractivity contribution in [3.05, 3.63) is 35.9 Å². The highest BCUT2D eigenvalue weighted by atomic mass is 16.2. The molecule has 0 bridgehead atoms. The molecule has 2 atom stereocenters. The third-order valence-electron chi connectivity index (χ3n) is 7.47. The molecule has 7 heteroatoms. The van der Waals surface area contributed by atoms with Crippen molar-refractivity contribution in [2.45, 2.75) is 78.4 Å². The molecule has 2 aliphatic rings. The summed E-state index contributed by atoms with van der Waals surface area (Å²) in [6, 6.07) is 9.44. The molecule has 3 rings (SSSR count). The molecule has 0 saturated carbocycles. The summed E-state index contributed by atoms with van der Waals surface area (Å²) in [7, 11) is 1.86. The Morgan fingerprint density at radius 2 is 1.69 bits per heavy atom. The minimum Gasteiger partial charge on any atom is -0.341 e. The first-order chi connectivity index (χ1) is 17.2. The van der Waals surface area contributed by atoms with Gasteiger partial charge >= 0.3 is 0 Å². The van der Waals surface area contributed by atoms with Crippen LogP contribution in [-0.2, 0) is 20.9 Å². The van der Waals surface area contributed by atoms with E-state index in [4.69, 9.17) is 0 Å². The van der Waals surface area contributed by atoms with Crippen LogP contribution in [0, 0.1) is 17.8 Å². The third kappa shape index (κ3) is 7.79. The van der Waals surface area contributed by atoms with Gasteiger partial charge in [-0.15, -0.1) is 0 Å². The summed E-state index contributed by atoms with van der Waals surface area (Å²) in [5.41, 5.74) is 1.13. The molecule has 1 aromatic carbocycles. The molecule has 0 spiro atoms. The van der Waals surface area contributed by atoms with Crippen LogP contribution in [0.3, 0.4) is 0 Å². The number of likely N-dealkylation sites (tertiary alicyclic amines) is 1. The van der Waals surface area contributed by atoms with Gasteiger partial charge < -0.3 is 20.0 Å². The molecule has 0 unspecified atom stereocenters. The average Bonchev–Trinajstić information content (AvgIpc) is 2.84. The van der Waals surface area contributed by atoms with Crippen LogP contribution in [0.5, 0.6) is 0 Å². The summed E-state index contributed by atoms with van der Waals surface area (Å²) in [6.07, 6.45) is 3.65. The Hall–Kier alpha value is -2.41. The fraction of sp³-hybridized carbons (Fsp3) is 0.690. The first-order valence-corrected chi connectivity index (χ1v) is 13.8. The Morgan fingerprint density at radius 1 is 1.03 bits per heavy atom. The highest BCUT2D eigenvalue weighted by Gasteiger charge is 2.39. The van der Waals surface area contributed by atoms with E-state index >= 15 is 0 Å². The zero-order chi connectivity index (χ0) is 26.2. The second kappa shape index (κ2) is 13.2. The van der Waals surface area contributed by atoms with E-state index < -0.39 is 6.04 Å². The van der Waals surface area contributed by atoms with Gasteiger partial charge in [0.1, 0.15) is 6.04 Å². The van der Waals surface area contributed by atoms with E-state index in [9.17, 15) is 14.4 Å². The van der Waals surface area contributed by atoms with E-state index in [1.807, 2.05) is 47.2 Å². The first kappa shape index (κ1) is 28.2. The summed E-state index contributed by atoms with van der Waals surface area (Å²) in [5, 5.41) is 3.35. The number of piperazine rings is 1. The molecule has 1 aromatic rings. The topological polar surface area (TPSA) is 73.0 Å². The molecule has 2 heterocycles. The number of nitrogens with zero attached hydrogens (tertiary/aromatic N) is 3. The van der Waals surface area contributed by atoms with Crippen molar-refractivity contribution in [2.24, 2.45) is 17.8 Å². The predicted molar refractivity (Wildman–Crippen MR) is 143 cm³/mol. The maximum Gasteiger partial charge on any atom is 0.245 e. The van der Waals surface area contributed by atoms with Gasteiger partial charge in [-0.3, -0.25) is 14.4 Å². The first-order valence-electron chi connectivity index (χ1n) is 13.8. The molecular weight excluding hydrogens is 452 g/mol. The van der Waals surface area contributed by atoms with Crippen molar-refractivity contribution in [3.63, 3.8) is 0 Å². The number of nitrogens with one attached hydrogen (secondary N) is 1. The van der Waals surface area contributed by atoms with Crippen molar-refractivity contribution in [3.8, 4) is 0 Å². The number of benzene rings is 1. The van der Waals surface area contributed by atoms with Crippen LogP contribution in [0.2, 0.25) is 0 Å². The summed E-state index contributed by atoms with van der Waals surface area (Å²) in [4.78, 5) is 45.4. The lowest BCUT2D eigenvalue weighted by Crippen LogP contribution is -2.62. The van der Waals surface area contributed by atoms with E-state index in [2.05, 4.69) is 33.0 Å². The van der Waals surface area contributed by atoms with Gasteiger partial charge in [-0.1, -0.05) is 58.0 Å². The fourth-order valence-corrected chi connectivity index (χ4v) is 5.45. The van der Waals surface area contributed by atoms with E-state index in [-0.39, 0.29) is 23.8 Å². The second-order valence-corrected chi connectivity index (χ2v) is 11.5. The van der Waals surface area contributed by atoms with Crippen molar-refractivity contribution >= 4 is 17.7 Å². The van der Waals surface area contributed by atoms with E-state index in [0.717, 1.165) is 31.4 Å². The van der Waals surface area contributed by atoms with Gasteiger partial charge in [0.15, 0.2) is 0 Å². The molecule has 200 valence electrons. The molecule has 0 aromatic heterocycles.